The van der Waals surface area contributed by atoms with Crippen molar-refractivity contribution in [3.8, 4) is 0 Å². The number of halogens is 1. The lowest BCUT2D eigenvalue weighted by Gasteiger charge is -2.35. The Morgan fingerprint density at radius 1 is 1.21 bits per heavy atom. The average molecular weight is 449 g/mol. The molecule has 1 unspecified atom stereocenters. The number of hydrogen-bond acceptors (Lipinski definition) is 5. The molecule has 7 nitrogen and oxygen atoms in total. The van der Waals surface area contributed by atoms with E-state index in [1.165, 1.54) is 6.92 Å². The molecular weight excluding hydrogens is 424 g/mol. The molecule has 8 heteroatoms. The highest BCUT2D eigenvalue weighted by atomic mass is 79.9. The van der Waals surface area contributed by atoms with Gasteiger partial charge in [0.2, 0.25) is 11.8 Å². The van der Waals surface area contributed by atoms with E-state index in [0.717, 1.165) is 34.6 Å². The summed E-state index contributed by atoms with van der Waals surface area (Å²) in [5.74, 6) is 0.753. The van der Waals surface area contributed by atoms with E-state index in [1.54, 1.807) is 0 Å². The Hall–Kier alpha value is -2.19. The van der Waals surface area contributed by atoms with Crippen molar-refractivity contribution in [3.63, 3.8) is 0 Å². The molecule has 1 atom stereocenters. The second-order valence-electron chi connectivity index (χ2n) is 7.10. The Kier molecular flexibility index (Phi) is 6.85. The zero-order valence-electron chi connectivity index (χ0n) is 16.2. The van der Waals surface area contributed by atoms with Crippen LogP contribution in [0, 0.1) is 6.92 Å². The van der Waals surface area contributed by atoms with Crippen molar-refractivity contribution in [2.24, 2.45) is 0 Å². The van der Waals surface area contributed by atoms with Crippen molar-refractivity contribution in [2.75, 3.05) is 26.2 Å². The molecule has 150 valence electrons. The molecule has 2 heterocycles. The minimum Gasteiger partial charge on any atom is -0.360 e. The Bertz CT molecular complexity index is 813. The number of carbonyl (C=O) groups excluding carboxylic acids is 2. The minimum absolute atomic E-state index is 0.0526. The fourth-order valence-corrected chi connectivity index (χ4v) is 3.63. The van der Waals surface area contributed by atoms with Crippen LogP contribution in [0.2, 0.25) is 0 Å². The summed E-state index contributed by atoms with van der Waals surface area (Å²) in [6, 6.07) is 9.29. The van der Waals surface area contributed by atoms with Crippen LogP contribution >= 0.6 is 15.9 Å². The Morgan fingerprint density at radius 3 is 2.46 bits per heavy atom. The largest absolute Gasteiger partial charge is 0.360 e. The highest BCUT2D eigenvalue weighted by Gasteiger charge is 2.25. The summed E-state index contributed by atoms with van der Waals surface area (Å²) < 4.78 is 6.23. The number of aryl methyl sites for hydroxylation is 1. The predicted octanol–water partition coefficient (Wildman–Crippen LogP) is 2.66. The van der Waals surface area contributed by atoms with Crippen molar-refractivity contribution >= 4 is 27.7 Å². The molecule has 0 spiro atoms. The van der Waals surface area contributed by atoms with Gasteiger partial charge in [-0.1, -0.05) is 33.2 Å². The third-order valence-corrected chi connectivity index (χ3v) is 5.34. The summed E-state index contributed by atoms with van der Waals surface area (Å²) in [7, 11) is 0. The van der Waals surface area contributed by atoms with Crippen molar-refractivity contribution in [3.05, 3.63) is 51.8 Å². The summed E-state index contributed by atoms with van der Waals surface area (Å²) in [4.78, 5) is 28.5. The molecule has 0 aliphatic carbocycles. The quantitative estimate of drug-likeness (QED) is 0.734. The zero-order chi connectivity index (χ0) is 20.1. The van der Waals surface area contributed by atoms with E-state index in [9.17, 15) is 9.59 Å². The van der Waals surface area contributed by atoms with Crippen LogP contribution in [-0.2, 0) is 16.1 Å². The SMILES string of the molecule is CC(=O)NC(CC(=O)N1CCN(Cc2cc(C)no2)CC1)c1ccc(Br)cc1. The average Bonchev–Trinajstić information content (AvgIpc) is 3.06. The molecule has 0 radical (unpaired) electrons. The standard InChI is InChI=1S/C20H25BrN4O3/c1-14-11-18(28-23-14)13-24-7-9-25(10-8-24)20(27)12-19(22-15(2)26)16-3-5-17(21)6-4-16/h3-6,11,19H,7-10,12-13H2,1-2H3,(H,22,26). The van der Waals surface area contributed by atoms with Gasteiger partial charge in [0, 0.05) is 43.6 Å². The highest BCUT2D eigenvalue weighted by Crippen LogP contribution is 2.21. The normalized spacial score (nSPS) is 16.0. The van der Waals surface area contributed by atoms with Crippen LogP contribution in [0.15, 0.2) is 39.3 Å². The Morgan fingerprint density at radius 2 is 1.89 bits per heavy atom. The first-order valence-electron chi connectivity index (χ1n) is 9.35. The van der Waals surface area contributed by atoms with Gasteiger partial charge in [-0.05, 0) is 24.6 Å². The van der Waals surface area contributed by atoms with Crippen LogP contribution in [0.4, 0.5) is 0 Å². The Balaban J connectivity index is 1.55. The molecule has 1 N–H and O–H groups in total. The summed E-state index contributed by atoms with van der Waals surface area (Å²) >= 11 is 3.41. The molecule has 1 aromatic carbocycles. The second-order valence-corrected chi connectivity index (χ2v) is 8.02. The zero-order valence-corrected chi connectivity index (χ0v) is 17.7. The van der Waals surface area contributed by atoms with E-state index >= 15 is 0 Å². The molecule has 0 saturated carbocycles. The maximum Gasteiger partial charge on any atom is 0.225 e. The van der Waals surface area contributed by atoms with E-state index in [1.807, 2.05) is 42.2 Å². The lowest BCUT2D eigenvalue weighted by molar-refractivity contribution is -0.133. The summed E-state index contributed by atoms with van der Waals surface area (Å²) in [6.45, 7) is 6.98. The van der Waals surface area contributed by atoms with Crippen molar-refractivity contribution in [2.45, 2.75) is 32.9 Å². The van der Waals surface area contributed by atoms with Gasteiger partial charge < -0.3 is 14.7 Å². The van der Waals surface area contributed by atoms with Gasteiger partial charge in [-0.25, -0.2) is 0 Å². The van der Waals surface area contributed by atoms with E-state index in [-0.39, 0.29) is 24.3 Å². The van der Waals surface area contributed by atoms with Crippen molar-refractivity contribution < 1.29 is 14.1 Å². The molecule has 1 saturated heterocycles. The van der Waals surface area contributed by atoms with Crippen LogP contribution in [0.3, 0.4) is 0 Å². The van der Waals surface area contributed by atoms with Gasteiger partial charge in [-0.3, -0.25) is 14.5 Å². The monoisotopic (exact) mass is 448 g/mol. The first-order valence-corrected chi connectivity index (χ1v) is 10.1. The molecule has 28 heavy (non-hydrogen) atoms. The summed E-state index contributed by atoms with van der Waals surface area (Å²) in [5, 5.41) is 6.81. The van der Waals surface area contributed by atoms with Gasteiger partial charge in [0.05, 0.1) is 24.7 Å². The molecule has 2 aromatic rings. The van der Waals surface area contributed by atoms with Gasteiger partial charge in [0.25, 0.3) is 0 Å². The number of hydrogen-bond donors (Lipinski definition) is 1. The molecular formula is C20H25BrN4O3. The fraction of sp³-hybridized carbons (Fsp3) is 0.450. The number of benzene rings is 1. The number of nitrogens with zero attached hydrogens (tertiary/aromatic N) is 3. The van der Waals surface area contributed by atoms with E-state index < -0.39 is 0 Å². The lowest BCUT2D eigenvalue weighted by Crippen LogP contribution is -2.49. The molecule has 1 fully saturated rings. The highest BCUT2D eigenvalue weighted by molar-refractivity contribution is 9.10. The predicted molar refractivity (Wildman–Crippen MR) is 108 cm³/mol. The lowest BCUT2D eigenvalue weighted by atomic mass is 10.0. The topological polar surface area (TPSA) is 78.7 Å². The van der Waals surface area contributed by atoms with Gasteiger partial charge in [0.15, 0.2) is 5.76 Å². The number of rotatable bonds is 6. The molecule has 3 rings (SSSR count). The number of amides is 2. The van der Waals surface area contributed by atoms with Crippen LogP contribution in [-0.4, -0.2) is 52.9 Å². The molecule has 1 aliphatic rings. The van der Waals surface area contributed by atoms with Crippen LogP contribution in [0.1, 0.15) is 36.4 Å². The number of piperazine rings is 1. The van der Waals surface area contributed by atoms with Gasteiger partial charge in [0.1, 0.15) is 0 Å². The number of carbonyl (C=O) groups is 2. The number of nitrogens with one attached hydrogen (secondary N) is 1. The molecule has 0 bridgehead atoms. The smallest absolute Gasteiger partial charge is 0.225 e. The minimum atomic E-state index is -0.326. The van der Waals surface area contributed by atoms with Crippen molar-refractivity contribution in [1.82, 2.24) is 20.3 Å². The van der Waals surface area contributed by atoms with E-state index in [2.05, 4.69) is 31.3 Å². The maximum atomic E-state index is 12.8. The summed E-state index contributed by atoms with van der Waals surface area (Å²) in [5.41, 5.74) is 1.80. The fourth-order valence-electron chi connectivity index (χ4n) is 3.36. The third-order valence-electron chi connectivity index (χ3n) is 4.81. The maximum absolute atomic E-state index is 12.8. The van der Waals surface area contributed by atoms with Gasteiger partial charge in [-0.15, -0.1) is 0 Å². The number of aromatic nitrogens is 1. The first kappa shape index (κ1) is 20.5. The van der Waals surface area contributed by atoms with Gasteiger partial charge >= 0.3 is 0 Å². The van der Waals surface area contributed by atoms with Crippen LogP contribution < -0.4 is 5.32 Å². The third kappa shape index (κ3) is 5.65. The second kappa shape index (κ2) is 9.34. The van der Waals surface area contributed by atoms with Gasteiger partial charge in [-0.2, -0.15) is 0 Å². The first-order chi connectivity index (χ1) is 13.4. The molecule has 1 aromatic heterocycles. The van der Waals surface area contributed by atoms with E-state index in [0.29, 0.717) is 19.6 Å². The van der Waals surface area contributed by atoms with Crippen LogP contribution in [0.5, 0.6) is 0 Å². The van der Waals surface area contributed by atoms with Crippen LogP contribution in [0.25, 0.3) is 0 Å². The Labute approximate surface area is 173 Å². The summed E-state index contributed by atoms with van der Waals surface area (Å²) in [6.07, 6.45) is 0.252. The van der Waals surface area contributed by atoms with Crippen molar-refractivity contribution in [1.29, 1.82) is 0 Å². The molecule has 2 amide bonds. The van der Waals surface area contributed by atoms with E-state index in [4.69, 9.17) is 4.52 Å². The molecule has 1 aliphatic heterocycles.